The number of nitrogens with one attached hydrogen (secondary N) is 3. The van der Waals surface area contributed by atoms with Gasteiger partial charge in [-0.1, -0.05) is 52.9 Å². The average Bonchev–Trinajstić information content (AvgIpc) is 3.28. The molecule has 234 valence electrons. The van der Waals surface area contributed by atoms with Crippen LogP contribution in [-0.2, 0) is 28.7 Å². The van der Waals surface area contributed by atoms with Crippen LogP contribution in [-0.4, -0.2) is 82.1 Å². The van der Waals surface area contributed by atoms with Crippen molar-refractivity contribution in [2.45, 2.75) is 100 Å². The van der Waals surface area contributed by atoms with Crippen LogP contribution in [0.4, 0.5) is 4.79 Å². The van der Waals surface area contributed by atoms with Crippen LogP contribution in [0.2, 0.25) is 0 Å². The average molecular weight is 631 g/mol. The van der Waals surface area contributed by atoms with E-state index in [4.69, 9.17) is 33.7 Å². The van der Waals surface area contributed by atoms with Gasteiger partial charge < -0.3 is 31.3 Å². The van der Waals surface area contributed by atoms with Crippen molar-refractivity contribution >= 4 is 58.7 Å². The van der Waals surface area contributed by atoms with Gasteiger partial charge in [-0.15, -0.1) is 23.2 Å². The normalized spacial score (nSPS) is 27.1. The number of methoxy groups -OCH3 is 1. The Morgan fingerprint density at radius 2 is 1.64 bits per heavy atom. The van der Waals surface area contributed by atoms with Gasteiger partial charge in [0.05, 0.1) is 13.2 Å². The molecule has 4 fully saturated rings. The Kier molecular flexibility index (Phi) is 9.10. The quantitative estimate of drug-likeness (QED) is 0.161. The molecule has 12 nitrogen and oxygen atoms in total. The second kappa shape index (κ2) is 11.8. The second-order valence-corrected chi connectivity index (χ2v) is 14.7. The predicted octanol–water partition coefficient (Wildman–Crippen LogP) is 1.55. The number of piperidine rings is 1. The summed E-state index contributed by atoms with van der Waals surface area (Å²) in [6.45, 7) is 5.36. The van der Waals surface area contributed by atoms with E-state index in [1.54, 1.807) is 20.8 Å². The third-order valence-corrected chi connectivity index (χ3v) is 10.4. The monoisotopic (exact) mass is 629 g/mol. The van der Waals surface area contributed by atoms with Crippen molar-refractivity contribution in [3.63, 3.8) is 0 Å². The Hall–Kier alpha value is -2.60. The van der Waals surface area contributed by atoms with Crippen LogP contribution in [0.3, 0.4) is 0 Å². The number of nitrogens with two attached hydrogens (primary N) is 1. The molecule has 0 bridgehead atoms. The number of amides is 5. The second-order valence-electron chi connectivity index (χ2n) is 13.2. The lowest BCUT2D eigenvalue weighted by molar-refractivity contribution is -0.148. The lowest BCUT2D eigenvalue weighted by atomic mass is 9.80. The summed E-state index contributed by atoms with van der Waals surface area (Å²) in [6.07, 6.45) is 5.33. The summed E-state index contributed by atoms with van der Waals surface area (Å²) in [6, 6.07) is -4.07. The van der Waals surface area contributed by atoms with Crippen LogP contribution < -0.4 is 21.7 Å². The first-order valence-corrected chi connectivity index (χ1v) is 15.3. The van der Waals surface area contributed by atoms with Gasteiger partial charge >= 0.3 is 12.0 Å². The number of fused-ring (bicyclic) bond motifs is 1. The molecule has 1 unspecified atom stereocenters. The number of hydrogen-bond donors (Lipinski definition) is 4. The van der Waals surface area contributed by atoms with E-state index in [0.29, 0.717) is 12.8 Å². The zero-order valence-electron chi connectivity index (χ0n) is 24.5. The van der Waals surface area contributed by atoms with E-state index in [1.165, 1.54) is 12.0 Å². The maximum absolute atomic E-state index is 14.1. The highest BCUT2D eigenvalue weighted by Gasteiger charge is 2.74. The zero-order valence-corrected chi connectivity index (χ0v) is 26.0. The van der Waals surface area contributed by atoms with Gasteiger partial charge in [0.1, 0.15) is 22.0 Å². The van der Waals surface area contributed by atoms with Crippen molar-refractivity contribution in [3.8, 4) is 0 Å². The molecule has 14 heteroatoms. The summed E-state index contributed by atoms with van der Waals surface area (Å²) in [5.74, 6) is -4.62. The highest BCUT2D eigenvalue weighted by molar-refractivity contribution is 6.51. The summed E-state index contributed by atoms with van der Waals surface area (Å²) in [5.41, 5.74) is 3.28. The van der Waals surface area contributed by atoms with E-state index in [2.05, 4.69) is 16.0 Å². The minimum Gasteiger partial charge on any atom is -0.467 e. The molecule has 4 aliphatic rings. The molecule has 0 aromatic carbocycles. The van der Waals surface area contributed by atoms with Crippen LogP contribution in [0.25, 0.3) is 0 Å². The SMILES string of the molecule is COC(=O)C1(NC(=O)N[C@H](C(=O)N2C[C@H]3[C@@H]([C@H]2C(=O)NC(CC2CCC2)C(=O)C(N)=O)C3(Cl)Cl)C(C)(C)C)CCCC1. The number of carbonyl (C=O) groups excluding carboxylic acids is 6. The van der Waals surface area contributed by atoms with Gasteiger partial charge in [0, 0.05) is 18.4 Å². The van der Waals surface area contributed by atoms with Crippen molar-refractivity contribution < 1.29 is 33.5 Å². The number of primary amides is 1. The van der Waals surface area contributed by atoms with E-state index < -0.39 is 80.8 Å². The molecule has 5 atom stereocenters. The lowest BCUT2D eigenvalue weighted by Gasteiger charge is -2.38. The summed E-state index contributed by atoms with van der Waals surface area (Å²) in [4.78, 5) is 79.2. The van der Waals surface area contributed by atoms with Gasteiger partial charge in [-0.05, 0) is 30.6 Å². The summed E-state index contributed by atoms with van der Waals surface area (Å²) in [7, 11) is 1.26. The van der Waals surface area contributed by atoms with Gasteiger partial charge in [0.15, 0.2) is 0 Å². The predicted molar refractivity (Wildman–Crippen MR) is 153 cm³/mol. The minimum atomic E-state index is -1.24. The maximum Gasteiger partial charge on any atom is 0.331 e. The van der Waals surface area contributed by atoms with Crippen molar-refractivity contribution in [1.82, 2.24) is 20.9 Å². The van der Waals surface area contributed by atoms with Crippen molar-refractivity contribution in [2.24, 2.45) is 28.9 Å². The minimum absolute atomic E-state index is 0.0631. The number of carbonyl (C=O) groups is 6. The number of esters is 1. The van der Waals surface area contributed by atoms with Crippen molar-refractivity contribution in [1.29, 1.82) is 0 Å². The zero-order chi connectivity index (χ0) is 31.2. The molecule has 1 aliphatic heterocycles. The number of ketones is 1. The van der Waals surface area contributed by atoms with Crippen molar-refractivity contribution in [2.75, 3.05) is 13.7 Å². The number of Topliss-reactive ketones (excluding diaryl/α,β-unsaturated/α-hetero) is 1. The van der Waals surface area contributed by atoms with E-state index in [0.717, 1.165) is 32.1 Å². The van der Waals surface area contributed by atoms with Crippen LogP contribution in [0.1, 0.15) is 72.1 Å². The van der Waals surface area contributed by atoms with Crippen molar-refractivity contribution in [3.05, 3.63) is 0 Å². The van der Waals surface area contributed by atoms with Gasteiger partial charge in [-0.25, -0.2) is 9.59 Å². The number of hydrogen-bond acceptors (Lipinski definition) is 7. The summed E-state index contributed by atoms with van der Waals surface area (Å²) < 4.78 is 3.69. The smallest absolute Gasteiger partial charge is 0.331 e. The molecule has 3 aliphatic carbocycles. The fraction of sp³-hybridized carbons (Fsp3) is 0.786. The number of ether oxygens (including phenoxy) is 1. The van der Waals surface area contributed by atoms with E-state index in [-0.39, 0.29) is 18.9 Å². The van der Waals surface area contributed by atoms with E-state index >= 15 is 0 Å². The molecular formula is C28H41Cl2N5O7. The Balaban J connectivity index is 1.54. The van der Waals surface area contributed by atoms with Gasteiger partial charge in [-0.3, -0.25) is 19.2 Å². The standard InChI is InChI=1S/C28H41Cl2N5O7/c1-26(2,3)20(33-25(41)34-27(24(40)42-4)10-5-6-11-27)23(39)35-13-15-17(28(15,29)30)18(35)22(38)32-16(19(36)21(31)37)12-14-8-7-9-14/h14-18,20H,5-13H2,1-4H3,(H2,31,37)(H,32,38)(H2,33,34,41)/t15-,16?,17-,18-,20+/m0/s1. The molecule has 5 amide bonds. The first-order chi connectivity index (χ1) is 19.5. The molecular weight excluding hydrogens is 589 g/mol. The Labute approximate surface area is 255 Å². The maximum atomic E-state index is 14.1. The molecule has 1 heterocycles. The number of likely N-dealkylation sites (tertiary alicyclic amines) is 1. The number of halogens is 2. The third-order valence-electron chi connectivity index (χ3n) is 9.33. The van der Waals surface area contributed by atoms with Gasteiger partial charge in [0.2, 0.25) is 17.6 Å². The molecule has 42 heavy (non-hydrogen) atoms. The fourth-order valence-corrected chi connectivity index (χ4v) is 7.43. The van der Waals surface area contributed by atoms with Crippen LogP contribution in [0.15, 0.2) is 0 Å². The largest absolute Gasteiger partial charge is 0.467 e. The molecule has 3 saturated carbocycles. The molecule has 5 N–H and O–H groups in total. The third kappa shape index (κ3) is 6.20. The Morgan fingerprint density at radius 1 is 1.02 bits per heavy atom. The first kappa shape index (κ1) is 32.3. The van der Waals surface area contributed by atoms with Gasteiger partial charge in [0.25, 0.3) is 5.91 Å². The fourth-order valence-electron chi connectivity index (χ4n) is 6.61. The number of nitrogens with zero attached hydrogens (tertiary/aromatic N) is 1. The highest BCUT2D eigenvalue weighted by atomic mass is 35.5. The number of urea groups is 1. The molecule has 0 radical (unpaired) electrons. The van der Waals surface area contributed by atoms with E-state index in [9.17, 15) is 28.8 Å². The number of rotatable bonds is 10. The summed E-state index contributed by atoms with van der Waals surface area (Å²) >= 11 is 12.9. The molecule has 0 aromatic heterocycles. The summed E-state index contributed by atoms with van der Waals surface area (Å²) in [5, 5.41) is 8.12. The topological polar surface area (TPSA) is 177 Å². The van der Waals surface area contributed by atoms with Crippen LogP contribution >= 0.6 is 23.2 Å². The molecule has 0 aromatic rings. The first-order valence-electron chi connectivity index (χ1n) is 14.5. The Morgan fingerprint density at radius 3 is 2.14 bits per heavy atom. The Bertz CT molecular complexity index is 1150. The number of alkyl halides is 2. The molecule has 4 rings (SSSR count). The van der Waals surface area contributed by atoms with Crippen LogP contribution in [0.5, 0.6) is 0 Å². The van der Waals surface area contributed by atoms with Crippen LogP contribution in [0, 0.1) is 23.2 Å². The molecule has 1 saturated heterocycles. The lowest BCUT2D eigenvalue weighted by Crippen LogP contribution is -2.63. The van der Waals surface area contributed by atoms with E-state index in [1.807, 2.05) is 0 Å². The molecule has 0 spiro atoms. The van der Waals surface area contributed by atoms with Gasteiger partial charge in [-0.2, -0.15) is 0 Å². The highest BCUT2D eigenvalue weighted by Crippen LogP contribution is 2.65.